The van der Waals surface area contributed by atoms with Gasteiger partial charge in [-0.2, -0.15) is 0 Å². The van der Waals surface area contributed by atoms with Gasteiger partial charge >= 0.3 is 23.9 Å². The Morgan fingerprint density at radius 1 is 0.857 bits per heavy atom. The van der Waals surface area contributed by atoms with E-state index in [1.54, 1.807) is 0 Å². The van der Waals surface area contributed by atoms with Crippen LogP contribution < -0.4 is 0 Å². The van der Waals surface area contributed by atoms with Crippen LogP contribution >= 0.6 is 0 Å². The van der Waals surface area contributed by atoms with E-state index in [0.29, 0.717) is 0 Å². The summed E-state index contributed by atoms with van der Waals surface area (Å²) in [6, 6.07) is 0. The van der Waals surface area contributed by atoms with E-state index in [1.807, 2.05) is 0 Å². The zero-order chi connectivity index (χ0) is 3.41. The fraction of sp³-hybridized carbons (Fsp3) is 1.00. The zero-order valence-electron chi connectivity index (χ0n) is 4.94. The standard InChI is InChI=1S/C4H10.2FH.Sn.2H/c1-3-4-2;;;;;/h3-4H2,1-2H3;2*1H;;;. The number of unbranched alkanes of at least 4 members (excludes halogenated alkanes) is 1. The molecule has 0 aromatic carbocycles. The second-order valence-corrected chi connectivity index (χ2v) is 1.000. The van der Waals surface area contributed by atoms with Crippen LogP contribution in [0.25, 0.3) is 0 Å². The summed E-state index contributed by atoms with van der Waals surface area (Å²) in [7, 11) is 0. The molecule has 0 N–H and O–H groups in total. The van der Waals surface area contributed by atoms with E-state index in [-0.39, 0.29) is 33.3 Å². The van der Waals surface area contributed by atoms with Gasteiger partial charge in [0, 0.05) is 0 Å². The minimum atomic E-state index is 0. The summed E-state index contributed by atoms with van der Waals surface area (Å²) in [6.45, 7) is 4.36. The van der Waals surface area contributed by atoms with Crippen molar-refractivity contribution in [2.75, 3.05) is 0 Å². The molecule has 48 valence electrons. The third-order valence-electron chi connectivity index (χ3n) is 0.500. The van der Waals surface area contributed by atoms with Gasteiger partial charge in [-0.25, -0.2) is 0 Å². The van der Waals surface area contributed by atoms with Gasteiger partial charge in [0.05, 0.1) is 0 Å². The van der Waals surface area contributed by atoms with Gasteiger partial charge in [0.2, 0.25) is 0 Å². The predicted molar refractivity (Wildman–Crippen MR) is 34.1 cm³/mol. The molecule has 3 heteroatoms. The van der Waals surface area contributed by atoms with Gasteiger partial charge in [0.25, 0.3) is 0 Å². The molecule has 0 saturated heterocycles. The second kappa shape index (κ2) is 30.2. The van der Waals surface area contributed by atoms with Crippen molar-refractivity contribution < 1.29 is 9.41 Å². The fourth-order valence-corrected chi connectivity index (χ4v) is 0. The number of halogens is 2. The van der Waals surface area contributed by atoms with Crippen molar-refractivity contribution in [1.82, 2.24) is 0 Å². The Hall–Kier alpha value is 0.659. The summed E-state index contributed by atoms with van der Waals surface area (Å²) in [5.41, 5.74) is 0. The molecule has 0 aromatic rings. The molecular formula is C4H14F2Sn. The van der Waals surface area contributed by atoms with Crippen molar-refractivity contribution in [3.63, 3.8) is 0 Å². The Labute approximate surface area is 60.4 Å². The molecule has 0 heterocycles. The van der Waals surface area contributed by atoms with Crippen molar-refractivity contribution in [2.45, 2.75) is 26.7 Å². The quantitative estimate of drug-likeness (QED) is 0.581. The summed E-state index contributed by atoms with van der Waals surface area (Å²) in [5, 5.41) is 0. The third-order valence-corrected chi connectivity index (χ3v) is 0.500. The minimum absolute atomic E-state index is 0. The molecule has 0 aliphatic heterocycles. The molecule has 0 saturated carbocycles. The molecule has 0 unspecified atom stereocenters. The van der Waals surface area contributed by atoms with Crippen LogP contribution in [0.3, 0.4) is 0 Å². The van der Waals surface area contributed by atoms with E-state index in [9.17, 15) is 0 Å². The van der Waals surface area contributed by atoms with Gasteiger partial charge in [-0.15, -0.1) is 0 Å². The first-order chi connectivity index (χ1) is 1.91. The Bertz CT molecular complexity index is 11.7. The summed E-state index contributed by atoms with van der Waals surface area (Å²) in [6.07, 6.45) is 2.64. The normalized spacial score (nSPS) is 4.29. The van der Waals surface area contributed by atoms with Crippen LogP contribution in [0.4, 0.5) is 9.41 Å². The topological polar surface area (TPSA) is 0 Å². The molecule has 0 bridgehead atoms. The van der Waals surface area contributed by atoms with Gasteiger partial charge in [0.15, 0.2) is 0 Å². The number of hydrogen-bond acceptors (Lipinski definition) is 0. The maximum absolute atomic E-state index is 2.18. The molecule has 2 radical (unpaired) electrons. The molecule has 0 aliphatic carbocycles. The van der Waals surface area contributed by atoms with E-state index in [4.69, 9.17) is 0 Å². The van der Waals surface area contributed by atoms with Crippen LogP contribution in [0.5, 0.6) is 0 Å². The molecular weight excluding hydrogens is 205 g/mol. The molecule has 0 aromatic heterocycles. The van der Waals surface area contributed by atoms with Crippen molar-refractivity contribution in [2.24, 2.45) is 0 Å². The van der Waals surface area contributed by atoms with Crippen molar-refractivity contribution in [3.05, 3.63) is 0 Å². The third kappa shape index (κ3) is 52.5. The van der Waals surface area contributed by atoms with Gasteiger partial charge in [0.1, 0.15) is 0 Å². The van der Waals surface area contributed by atoms with Gasteiger partial charge in [-0.3, -0.25) is 9.41 Å². The maximum atomic E-state index is 2.18. The van der Waals surface area contributed by atoms with E-state index in [1.165, 1.54) is 12.8 Å². The SMILES string of the molecule is CCCC.F.F.[SnH2]. The Kier molecular flexibility index (Phi) is 109. The fourth-order valence-electron chi connectivity index (χ4n) is 0. The number of rotatable bonds is 1. The first kappa shape index (κ1) is 25.4. The summed E-state index contributed by atoms with van der Waals surface area (Å²) in [4.78, 5) is 0. The first-order valence-electron chi connectivity index (χ1n) is 1.91. The summed E-state index contributed by atoms with van der Waals surface area (Å²) in [5.74, 6) is 0. The van der Waals surface area contributed by atoms with Crippen molar-refractivity contribution in [1.29, 1.82) is 0 Å². The van der Waals surface area contributed by atoms with Crippen molar-refractivity contribution in [3.8, 4) is 0 Å². The van der Waals surface area contributed by atoms with Crippen molar-refractivity contribution >= 4 is 23.9 Å². The zero-order valence-corrected chi connectivity index (χ0v) is 8.97. The van der Waals surface area contributed by atoms with Gasteiger partial charge < -0.3 is 0 Å². The molecule has 0 aliphatic rings. The molecule has 0 fully saturated rings. The van der Waals surface area contributed by atoms with Gasteiger partial charge in [-0.1, -0.05) is 26.7 Å². The number of hydrogen-bond donors (Lipinski definition) is 0. The molecule has 0 atom stereocenters. The Morgan fingerprint density at radius 3 is 1.00 bits per heavy atom. The average molecular weight is 219 g/mol. The van der Waals surface area contributed by atoms with Crippen LogP contribution in [0.1, 0.15) is 26.7 Å². The Balaban J connectivity index is -0.0000000150. The van der Waals surface area contributed by atoms with Crippen LogP contribution in [0.2, 0.25) is 0 Å². The summed E-state index contributed by atoms with van der Waals surface area (Å²) >= 11 is 0. The second-order valence-electron chi connectivity index (χ2n) is 1.000. The Morgan fingerprint density at radius 2 is 1.00 bits per heavy atom. The van der Waals surface area contributed by atoms with Gasteiger partial charge in [-0.05, 0) is 0 Å². The monoisotopic (exact) mass is 220 g/mol. The first-order valence-corrected chi connectivity index (χ1v) is 1.91. The van der Waals surface area contributed by atoms with E-state index in [2.05, 4.69) is 13.8 Å². The van der Waals surface area contributed by atoms with Crippen LogP contribution in [0.15, 0.2) is 0 Å². The molecule has 0 spiro atoms. The predicted octanol–water partition coefficient (Wildman–Crippen LogP) is 1.20. The molecule has 0 amide bonds. The van der Waals surface area contributed by atoms with E-state index in [0.717, 1.165) is 0 Å². The molecule has 0 rings (SSSR count). The van der Waals surface area contributed by atoms with E-state index < -0.39 is 0 Å². The average Bonchev–Trinajstić information content (AvgIpc) is 1.37. The molecule has 7 heavy (non-hydrogen) atoms. The van der Waals surface area contributed by atoms with Crippen LogP contribution in [0, 0.1) is 0 Å². The summed E-state index contributed by atoms with van der Waals surface area (Å²) < 4.78 is 0. The van der Waals surface area contributed by atoms with E-state index >= 15 is 0 Å². The van der Waals surface area contributed by atoms with Crippen LogP contribution in [-0.4, -0.2) is 23.9 Å². The van der Waals surface area contributed by atoms with Crippen LogP contribution in [-0.2, 0) is 0 Å². The molecule has 0 nitrogen and oxygen atoms in total.